The van der Waals surface area contributed by atoms with Crippen LogP contribution in [0.25, 0.3) is 0 Å². The Morgan fingerprint density at radius 2 is 1.78 bits per heavy atom. The predicted molar refractivity (Wildman–Crippen MR) is 73.8 cm³/mol. The molecule has 0 amide bonds. The molecular formula is C15H29NO2. The molecule has 1 saturated carbocycles. The second-order valence-corrected chi connectivity index (χ2v) is 5.81. The van der Waals surface area contributed by atoms with E-state index in [1.165, 1.54) is 44.9 Å². The van der Waals surface area contributed by atoms with E-state index in [9.17, 15) is 0 Å². The molecule has 1 heterocycles. The zero-order chi connectivity index (χ0) is 12.6. The van der Waals surface area contributed by atoms with E-state index in [-0.39, 0.29) is 0 Å². The SMILES string of the molecule is CCNCC1CCC(COCC2CCCCC2)O1. The number of nitrogens with one attached hydrogen (secondary N) is 1. The Bertz CT molecular complexity index is 217. The number of rotatable bonds is 7. The minimum absolute atomic E-state index is 0.345. The van der Waals surface area contributed by atoms with Crippen LogP contribution < -0.4 is 5.32 Å². The van der Waals surface area contributed by atoms with Gasteiger partial charge in [-0.05, 0) is 38.1 Å². The van der Waals surface area contributed by atoms with Crippen molar-refractivity contribution in [2.45, 2.75) is 64.1 Å². The number of hydrogen-bond acceptors (Lipinski definition) is 3. The van der Waals surface area contributed by atoms with E-state index in [1.54, 1.807) is 0 Å². The molecule has 0 aromatic rings. The van der Waals surface area contributed by atoms with Crippen LogP contribution in [0, 0.1) is 5.92 Å². The second kappa shape index (κ2) is 8.13. The normalized spacial score (nSPS) is 29.8. The van der Waals surface area contributed by atoms with Gasteiger partial charge in [0.2, 0.25) is 0 Å². The fraction of sp³-hybridized carbons (Fsp3) is 1.00. The van der Waals surface area contributed by atoms with E-state index in [1.807, 2.05) is 0 Å². The van der Waals surface area contributed by atoms with Gasteiger partial charge in [-0.25, -0.2) is 0 Å². The quantitative estimate of drug-likeness (QED) is 0.759. The molecule has 2 atom stereocenters. The van der Waals surface area contributed by atoms with Gasteiger partial charge in [0.25, 0.3) is 0 Å². The fourth-order valence-corrected chi connectivity index (χ4v) is 3.08. The average molecular weight is 255 g/mol. The Kier molecular flexibility index (Phi) is 6.46. The molecule has 1 aliphatic carbocycles. The highest BCUT2D eigenvalue weighted by Crippen LogP contribution is 2.24. The Hall–Kier alpha value is -0.120. The Balaban J connectivity index is 1.52. The molecule has 2 unspecified atom stereocenters. The topological polar surface area (TPSA) is 30.5 Å². The third kappa shape index (κ3) is 4.87. The van der Waals surface area contributed by atoms with E-state index in [4.69, 9.17) is 9.47 Å². The molecule has 2 fully saturated rings. The van der Waals surface area contributed by atoms with Gasteiger partial charge in [-0.15, -0.1) is 0 Å². The van der Waals surface area contributed by atoms with E-state index in [0.717, 1.165) is 32.2 Å². The first-order valence-corrected chi connectivity index (χ1v) is 7.82. The van der Waals surface area contributed by atoms with E-state index in [0.29, 0.717) is 12.2 Å². The van der Waals surface area contributed by atoms with Crippen LogP contribution in [0.4, 0.5) is 0 Å². The van der Waals surface area contributed by atoms with E-state index >= 15 is 0 Å². The summed E-state index contributed by atoms with van der Waals surface area (Å²) in [5, 5.41) is 3.35. The van der Waals surface area contributed by atoms with Crippen LogP contribution in [-0.2, 0) is 9.47 Å². The fourth-order valence-electron chi connectivity index (χ4n) is 3.08. The first-order chi connectivity index (χ1) is 8.88. The molecule has 0 aromatic carbocycles. The van der Waals surface area contributed by atoms with Gasteiger partial charge >= 0.3 is 0 Å². The van der Waals surface area contributed by atoms with Gasteiger partial charge in [0.15, 0.2) is 0 Å². The minimum Gasteiger partial charge on any atom is -0.378 e. The van der Waals surface area contributed by atoms with Crippen molar-refractivity contribution in [2.24, 2.45) is 5.92 Å². The monoisotopic (exact) mass is 255 g/mol. The third-order valence-electron chi connectivity index (χ3n) is 4.20. The van der Waals surface area contributed by atoms with Crippen LogP contribution >= 0.6 is 0 Å². The lowest BCUT2D eigenvalue weighted by molar-refractivity contribution is -0.0245. The maximum atomic E-state index is 5.97. The molecule has 1 saturated heterocycles. The molecule has 0 bridgehead atoms. The summed E-state index contributed by atoms with van der Waals surface area (Å²) >= 11 is 0. The summed E-state index contributed by atoms with van der Waals surface area (Å²) in [6, 6.07) is 0. The summed E-state index contributed by atoms with van der Waals surface area (Å²) in [6.07, 6.45) is 10.1. The first kappa shape index (κ1) is 14.3. The highest BCUT2D eigenvalue weighted by atomic mass is 16.5. The maximum Gasteiger partial charge on any atom is 0.0813 e. The Morgan fingerprint density at radius 1 is 1.00 bits per heavy atom. The molecule has 0 spiro atoms. The summed E-state index contributed by atoms with van der Waals surface area (Å²) in [4.78, 5) is 0. The number of ether oxygens (including phenoxy) is 2. The molecule has 0 aromatic heterocycles. The third-order valence-corrected chi connectivity index (χ3v) is 4.20. The lowest BCUT2D eigenvalue weighted by atomic mass is 9.90. The van der Waals surface area contributed by atoms with Crippen LogP contribution in [0.1, 0.15) is 51.9 Å². The summed E-state index contributed by atoms with van der Waals surface area (Å²) < 4.78 is 11.8. The molecule has 1 aliphatic heterocycles. The molecule has 2 aliphatic rings. The van der Waals surface area contributed by atoms with Gasteiger partial charge < -0.3 is 14.8 Å². The van der Waals surface area contributed by atoms with Gasteiger partial charge in [0, 0.05) is 13.2 Å². The summed E-state index contributed by atoms with van der Waals surface area (Å²) in [7, 11) is 0. The van der Waals surface area contributed by atoms with Gasteiger partial charge in [0.1, 0.15) is 0 Å². The van der Waals surface area contributed by atoms with Crippen molar-refractivity contribution in [3.05, 3.63) is 0 Å². The largest absolute Gasteiger partial charge is 0.378 e. The smallest absolute Gasteiger partial charge is 0.0813 e. The van der Waals surface area contributed by atoms with Crippen LogP contribution in [-0.4, -0.2) is 38.5 Å². The molecule has 3 heteroatoms. The van der Waals surface area contributed by atoms with Crippen LogP contribution in [0.5, 0.6) is 0 Å². The first-order valence-electron chi connectivity index (χ1n) is 7.82. The minimum atomic E-state index is 0.345. The van der Waals surface area contributed by atoms with Crippen molar-refractivity contribution in [3.8, 4) is 0 Å². The highest BCUT2D eigenvalue weighted by molar-refractivity contribution is 4.75. The summed E-state index contributed by atoms with van der Waals surface area (Å²) in [5.74, 6) is 0.817. The van der Waals surface area contributed by atoms with Crippen molar-refractivity contribution in [2.75, 3.05) is 26.3 Å². The summed E-state index contributed by atoms with van der Waals surface area (Å²) in [5.41, 5.74) is 0. The number of likely N-dealkylation sites (N-methyl/N-ethyl adjacent to an activating group) is 1. The van der Waals surface area contributed by atoms with Crippen molar-refractivity contribution in [1.29, 1.82) is 0 Å². The zero-order valence-electron chi connectivity index (χ0n) is 11.8. The average Bonchev–Trinajstić information content (AvgIpc) is 2.85. The zero-order valence-corrected chi connectivity index (χ0v) is 11.8. The molecule has 2 rings (SSSR count). The number of hydrogen-bond donors (Lipinski definition) is 1. The molecular weight excluding hydrogens is 226 g/mol. The van der Waals surface area contributed by atoms with Crippen molar-refractivity contribution in [3.63, 3.8) is 0 Å². The lowest BCUT2D eigenvalue weighted by Gasteiger charge is -2.22. The summed E-state index contributed by atoms with van der Waals surface area (Å²) in [6.45, 7) is 5.93. The van der Waals surface area contributed by atoms with Crippen molar-refractivity contribution < 1.29 is 9.47 Å². The van der Waals surface area contributed by atoms with Gasteiger partial charge in [0.05, 0.1) is 18.8 Å². The predicted octanol–water partition coefficient (Wildman–Crippen LogP) is 2.74. The maximum absolute atomic E-state index is 5.97. The van der Waals surface area contributed by atoms with Crippen LogP contribution in [0.15, 0.2) is 0 Å². The standard InChI is InChI=1S/C15H29NO2/c1-2-16-10-14-8-9-15(18-14)12-17-11-13-6-4-3-5-7-13/h13-16H,2-12H2,1H3. The van der Waals surface area contributed by atoms with Gasteiger partial charge in [-0.3, -0.25) is 0 Å². The molecule has 18 heavy (non-hydrogen) atoms. The van der Waals surface area contributed by atoms with Gasteiger partial charge in [-0.2, -0.15) is 0 Å². The second-order valence-electron chi connectivity index (χ2n) is 5.81. The van der Waals surface area contributed by atoms with E-state index < -0.39 is 0 Å². The lowest BCUT2D eigenvalue weighted by Crippen LogP contribution is -2.28. The highest BCUT2D eigenvalue weighted by Gasteiger charge is 2.25. The molecule has 1 N–H and O–H groups in total. The van der Waals surface area contributed by atoms with Crippen LogP contribution in [0.2, 0.25) is 0 Å². The van der Waals surface area contributed by atoms with Crippen molar-refractivity contribution in [1.82, 2.24) is 5.32 Å². The van der Waals surface area contributed by atoms with Crippen molar-refractivity contribution >= 4 is 0 Å². The van der Waals surface area contributed by atoms with E-state index in [2.05, 4.69) is 12.2 Å². The molecule has 3 nitrogen and oxygen atoms in total. The van der Waals surface area contributed by atoms with Crippen LogP contribution in [0.3, 0.4) is 0 Å². The van der Waals surface area contributed by atoms with Gasteiger partial charge in [-0.1, -0.05) is 26.2 Å². The molecule has 106 valence electrons. The Labute approximate surface area is 112 Å². The Morgan fingerprint density at radius 3 is 2.56 bits per heavy atom. The molecule has 0 radical (unpaired) electrons.